The van der Waals surface area contributed by atoms with Gasteiger partial charge in [-0.3, -0.25) is 24.5 Å². The van der Waals surface area contributed by atoms with Gasteiger partial charge in [-0.15, -0.1) is 0 Å². The van der Waals surface area contributed by atoms with Crippen molar-refractivity contribution in [1.82, 2.24) is 28.9 Å². The first-order valence-electron chi connectivity index (χ1n) is 11.4. The van der Waals surface area contributed by atoms with Gasteiger partial charge in [-0.2, -0.15) is 5.10 Å². The molecule has 2 amide bonds. The Labute approximate surface area is 206 Å². The molecule has 5 rings (SSSR count). The van der Waals surface area contributed by atoms with Gasteiger partial charge in [0.1, 0.15) is 0 Å². The number of carbonyl (C=O) groups excluding carboxylic acids is 2. The minimum absolute atomic E-state index is 0.0204. The summed E-state index contributed by atoms with van der Waals surface area (Å²) in [4.78, 5) is 36.7. The van der Waals surface area contributed by atoms with E-state index in [1.165, 1.54) is 17.7 Å². The summed E-state index contributed by atoms with van der Waals surface area (Å²) >= 11 is 1.35. The fourth-order valence-corrected chi connectivity index (χ4v) is 4.82. The summed E-state index contributed by atoms with van der Waals surface area (Å²) in [6, 6.07) is 1.72. The van der Waals surface area contributed by atoms with Gasteiger partial charge in [0.2, 0.25) is 5.91 Å². The molecule has 1 aliphatic heterocycles. The number of pyridine rings is 1. The molecule has 11 heteroatoms. The van der Waals surface area contributed by atoms with E-state index >= 15 is 0 Å². The third-order valence-electron chi connectivity index (χ3n) is 6.40. The molecule has 2 N–H and O–H groups in total. The number of aryl methyl sites for hydroxylation is 1. The molecule has 5 heterocycles. The van der Waals surface area contributed by atoms with Crippen LogP contribution in [0.1, 0.15) is 42.7 Å². The second-order valence-electron chi connectivity index (χ2n) is 9.27. The summed E-state index contributed by atoms with van der Waals surface area (Å²) in [5, 5.41) is 12.0. The zero-order valence-electron chi connectivity index (χ0n) is 19.8. The Morgan fingerprint density at radius 3 is 2.74 bits per heavy atom. The molecule has 1 aliphatic rings. The summed E-state index contributed by atoms with van der Waals surface area (Å²) in [5.74, 6) is -0.438. The number of amides is 2. The van der Waals surface area contributed by atoms with Gasteiger partial charge < -0.3 is 10.6 Å². The maximum Gasteiger partial charge on any atom is 0.259 e. The molecule has 0 aliphatic carbocycles. The van der Waals surface area contributed by atoms with Crippen molar-refractivity contribution in [3.05, 3.63) is 53.7 Å². The van der Waals surface area contributed by atoms with E-state index in [4.69, 9.17) is 0 Å². The SMILES string of the molecule is Cc1ncc(NC(=O)CN2CCCC2(C)C)cc1NC(=O)c1cnn2cc(-c3cnsc3)ncc12. The molecule has 0 radical (unpaired) electrons. The van der Waals surface area contributed by atoms with E-state index in [1.807, 2.05) is 5.38 Å². The van der Waals surface area contributed by atoms with Gasteiger partial charge >= 0.3 is 0 Å². The van der Waals surface area contributed by atoms with Crippen molar-refractivity contribution in [2.75, 3.05) is 23.7 Å². The van der Waals surface area contributed by atoms with Crippen molar-refractivity contribution >= 4 is 40.2 Å². The fourth-order valence-electron chi connectivity index (χ4n) is 4.29. The summed E-state index contributed by atoms with van der Waals surface area (Å²) < 4.78 is 5.72. The standard InChI is InChI=1S/C24H26N8O2S/c1-15-19(7-17(9-25-15)29-22(33)13-31-6-4-5-24(31,2)3)30-23(34)18-10-27-32-12-20(26-11-21(18)32)16-8-28-35-14-16/h7-12,14H,4-6,13H2,1-3H3,(H,29,33)(H,30,34). The topological polar surface area (TPSA) is 117 Å². The Kier molecular flexibility index (Phi) is 6.03. The first kappa shape index (κ1) is 23.1. The molecule has 0 aromatic carbocycles. The van der Waals surface area contributed by atoms with Gasteiger partial charge in [-0.1, -0.05) is 0 Å². The number of likely N-dealkylation sites (tertiary alicyclic amines) is 1. The molecule has 10 nitrogen and oxygen atoms in total. The smallest absolute Gasteiger partial charge is 0.259 e. The average Bonchev–Trinajstić information content (AvgIpc) is 3.56. The second-order valence-corrected chi connectivity index (χ2v) is 9.93. The van der Waals surface area contributed by atoms with E-state index in [2.05, 4.69) is 48.8 Å². The number of hydrogen-bond donors (Lipinski definition) is 2. The molecule has 0 saturated carbocycles. The first-order valence-corrected chi connectivity index (χ1v) is 12.2. The van der Waals surface area contributed by atoms with E-state index in [0.717, 1.165) is 30.6 Å². The Morgan fingerprint density at radius 2 is 2.00 bits per heavy atom. The maximum absolute atomic E-state index is 13.1. The minimum atomic E-state index is -0.334. The van der Waals surface area contributed by atoms with E-state index in [9.17, 15) is 9.59 Å². The van der Waals surface area contributed by atoms with Crippen LogP contribution in [0.25, 0.3) is 16.8 Å². The van der Waals surface area contributed by atoms with Crippen molar-refractivity contribution in [2.24, 2.45) is 0 Å². The molecular weight excluding hydrogens is 464 g/mol. The Bertz CT molecular complexity index is 1400. The zero-order valence-corrected chi connectivity index (χ0v) is 20.6. The van der Waals surface area contributed by atoms with Gasteiger partial charge in [0.15, 0.2) is 0 Å². The number of hydrogen-bond acceptors (Lipinski definition) is 8. The van der Waals surface area contributed by atoms with Crippen LogP contribution in [0.3, 0.4) is 0 Å². The van der Waals surface area contributed by atoms with E-state index in [1.54, 1.807) is 42.3 Å². The van der Waals surface area contributed by atoms with Gasteiger partial charge in [0.05, 0.1) is 71.4 Å². The van der Waals surface area contributed by atoms with Crippen molar-refractivity contribution < 1.29 is 9.59 Å². The molecular formula is C24H26N8O2S. The molecule has 0 unspecified atom stereocenters. The van der Waals surface area contributed by atoms with Crippen LogP contribution in [0.5, 0.6) is 0 Å². The predicted octanol–water partition coefficient (Wildman–Crippen LogP) is 3.62. The maximum atomic E-state index is 13.1. The minimum Gasteiger partial charge on any atom is -0.324 e. The molecule has 4 aromatic heterocycles. The number of aromatic nitrogens is 5. The second kappa shape index (κ2) is 9.16. The van der Waals surface area contributed by atoms with Crippen LogP contribution in [-0.4, -0.2) is 59.3 Å². The third kappa shape index (κ3) is 4.77. The van der Waals surface area contributed by atoms with Crippen LogP contribution in [-0.2, 0) is 4.79 Å². The van der Waals surface area contributed by atoms with Crippen LogP contribution >= 0.6 is 11.5 Å². The highest BCUT2D eigenvalue weighted by molar-refractivity contribution is 7.03. The molecule has 0 bridgehead atoms. The van der Waals surface area contributed by atoms with Gasteiger partial charge in [-0.25, -0.2) is 8.89 Å². The molecule has 4 aromatic rings. The summed E-state index contributed by atoms with van der Waals surface area (Å²) in [5.41, 5.74) is 4.29. The van der Waals surface area contributed by atoms with Crippen molar-refractivity contribution in [3.8, 4) is 11.3 Å². The normalized spacial score (nSPS) is 15.4. The van der Waals surface area contributed by atoms with Crippen molar-refractivity contribution in [1.29, 1.82) is 0 Å². The lowest BCUT2D eigenvalue weighted by Gasteiger charge is -2.30. The van der Waals surface area contributed by atoms with Crippen LogP contribution in [0.4, 0.5) is 11.4 Å². The summed E-state index contributed by atoms with van der Waals surface area (Å²) in [7, 11) is 0. The van der Waals surface area contributed by atoms with E-state index < -0.39 is 0 Å². The van der Waals surface area contributed by atoms with Crippen LogP contribution in [0.15, 0.2) is 42.4 Å². The molecule has 0 spiro atoms. The Hall–Kier alpha value is -3.70. The average molecular weight is 491 g/mol. The quantitative estimate of drug-likeness (QED) is 0.424. The van der Waals surface area contributed by atoms with Crippen molar-refractivity contribution in [2.45, 2.75) is 39.2 Å². The first-order chi connectivity index (χ1) is 16.8. The number of fused-ring (bicyclic) bond motifs is 1. The number of nitrogens with zero attached hydrogens (tertiary/aromatic N) is 6. The monoisotopic (exact) mass is 490 g/mol. The lowest BCUT2D eigenvalue weighted by Crippen LogP contribution is -2.42. The summed E-state index contributed by atoms with van der Waals surface area (Å²) in [6.07, 6.45) is 10.4. The number of nitrogens with one attached hydrogen (secondary N) is 2. The lowest BCUT2D eigenvalue weighted by atomic mass is 10.0. The molecule has 180 valence electrons. The molecule has 1 fully saturated rings. The molecule has 0 atom stereocenters. The highest BCUT2D eigenvalue weighted by atomic mass is 32.1. The van der Waals surface area contributed by atoms with Crippen LogP contribution < -0.4 is 10.6 Å². The largest absolute Gasteiger partial charge is 0.324 e. The molecule has 1 saturated heterocycles. The number of rotatable bonds is 6. The van der Waals surface area contributed by atoms with Crippen molar-refractivity contribution in [3.63, 3.8) is 0 Å². The number of anilines is 2. The zero-order chi connectivity index (χ0) is 24.6. The van der Waals surface area contributed by atoms with Crippen LogP contribution in [0, 0.1) is 6.92 Å². The third-order valence-corrected chi connectivity index (χ3v) is 6.99. The predicted molar refractivity (Wildman–Crippen MR) is 135 cm³/mol. The fraction of sp³-hybridized carbons (Fsp3) is 0.333. The Balaban J connectivity index is 1.30. The highest BCUT2D eigenvalue weighted by Crippen LogP contribution is 2.28. The van der Waals surface area contributed by atoms with Crippen LogP contribution in [0.2, 0.25) is 0 Å². The van der Waals surface area contributed by atoms with Gasteiger partial charge in [-0.05, 0) is 57.8 Å². The number of carbonyl (C=O) groups is 2. The highest BCUT2D eigenvalue weighted by Gasteiger charge is 2.32. The summed E-state index contributed by atoms with van der Waals surface area (Å²) in [6.45, 7) is 7.34. The van der Waals surface area contributed by atoms with Gasteiger partial charge in [0.25, 0.3) is 5.91 Å². The van der Waals surface area contributed by atoms with E-state index in [0.29, 0.717) is 34.7 Å². The lowest BCUT2D eigenvalue weighted by molar-refractivity contribution is -0.118. The van der Waals surface area contributed by atoms with Gasteiger partial charge in [0, 0.05) is 16.5 Å². The van der Waals surface area contributed by atoms with E-state index in [-0.39, 0.29) is 17.4 Å². The molecule has 35 heavy (non-hydrogen) atoms. The Morgan fingerprint density at radius 1 is 1.14 bits per heavy atom.